The van der Waals surface area contributed by atoms with Crippen LogP contribution in [0.15, 0.2) is 23.3 Å². The molecular weight excluding hydrogens is 457 g/mol. The fourth-order valence-electron chi connectivity index (χ4n) is 2.36. The minimum Gasteiger partial charge on any atom is -0.475 e. The van der Waals surface area contributed by atoms with Gasteiger partial charge in [-0.25, -0.2) is 9.98 Å². The minimum atomic E-state index is -0.00524. The van der Waals surface area contributed by atoms with Crippen LogP contribution in [0, 0.1) is 5.92 Å². The van der Waals surface area contributed by atoms with Gasteiger partial charge in [-0.2, -0.15) is 0 Å². The lowest BCUT2D eigenvalue weighted by Crippen LogP contribution is -2.42. The quantitative estimate of drug-likeness (QED) is 0.316. The predicted octanol–water partition coefficient (Wildman–Crippen LogP) is 2.66. The number of rotatable bonds is 9. The van der Waals surface area contributed by atoms with Crippen molar-refractivity contribution in [1.82, 2.24) is 20.5 Å². The van der Waals surface area contributed by atoms with Crippen molar-refractivity contribution in [3.63, 3.8) is 0 Å². The third-order valence-corrected chi connectivity index (χ3v) is 3.59. The highest BCUT2D eigenvalue weighted by molar-refractivity contribution is 14.0. The van der Waals surface area contributed by atoms with Gasteiger partial charge >= 0.3 is 0 Å². The van der Waals surface area contributed by atoms with E-state index in [1.807, 2.05) is 19.1 Å². The van der Waals surface area contributed by atoms with Crippen molar-refractivity contribution in [2.45, 2.75) is 46.8 Å². The molecule has 154 valence electrons. The van der Waals surface area contributed by atoms with E-state index in [0.717, 1.165) is 18.5 Å². The van der Waals surface area contributed by atoms with Crippen molar-refractivity contribution in [3.05, 3.63) is 23.9 Å². The van der Waals surface area contributed by atoms with Crippen molar-refractivity contribution in [2.24, 2.45) is 10.9 Å². The largest absolute Gasteiger partial charge is 0.475 e. The molecular formula is C19H34IN5O2. The van der Waals surface area contributed by atoms with Gasteiger partial charge in [0.25, 0.3) is 0 Å². The molecule has 1 aromatic rings. The van der Waals surface area contributed by atoms with Gasteiger partial charge in [-0.15, -0.1) is 24.0 Å². The maximum absolute atomic E-state index is 11.7. The van der Waals surface area contributed by atoms with Crippen LogP contribution in [0.1, 0.15) is 39.7 Å². The first-order chi connectivity index (χ1) is 12.3. The number of ether oxygens (including phenoxy) is 1. The Morgan fingerprint density at radius 2 is 2.00 bits per heavy atom. The number of hydrogen-bond acceptors (Lipinski definition) is 4. The minimum absolute atomic E-state index is 0. The number of carbonyl (C=O) groups excluding carboxylic acids is 1. The maximum Gasteiger partial charge on any atom is 0.241 e. The van der Waals surface area contributed by atoms with Gasteiger partial charge in [0.15, 0.2) is 5.96 Å². The van der Waals surface area contributed by atoms with Crippen molar-refractivity contribution < 1.29 is 9.53 Å². The molecule has 0 aliphatic heterocycles. The summed E-state index contributed by atoms with van der Waals surface area (Å²) in [6.45, 7) is 9.79. The highest BCUT2D eigenvalue weighted by atomic mass is 127. The van der Waals surface area contributed by atoms with Crippen molar-refractivity contribution >= 4 is 35.8 Å². The molecule has 0 saturated carbocycles. The fourth-order valence-corrected chi connectivity index (χ4v) is 2.36. The van der Waals surface area contributed by atoms with Crippen LogP contribution in [0.5, 0.6) is 5.88 Å². The first-order valence-corrected chi connectivity index (χ1v) is 9.15. The van der Waals surface area contributed by atoms with E-state index in [9.17, 15) is 4.79 Å². The first kappa shape index (κ1) is 25.4. The van der Waals surface area contributed by atoms with Gasteiger partial charge in [0.05, 0.1) is 19.2 Å². The summed E-state index contributed by atoms with van der Waals surface area (Å²) in [6.07, 6.45) is 2.84. The highest BCUT2D eigenvalue weighted by Crippen LogP contribution is 2.15. The summed E-state index contributed by atoms with van der Waals surface area (Å²) >= 11 is 0. The second kappa shape index (κ2) is 13.6. The van der Waals surface area contributed by atoms with Crippen LogP contribution in [-0.2, 0) is 11.3 Å². The average Bonchev–Trinajstić information content (AvgIpc) is 2.56. The van der Waals surface area contributed by atoms with Gasteiger partial charge in [-0.05, 0) is 37.8 Å². The van der Waals surface area contributed by atoms with Crippen molar-refractivity contribution in [2.75, 3.05) is 27.2 Å². The standard InChI is InChI=1S/C19H33N5O2.HI/c1-7-20-19(23-13-18(25)24(5)6)22-12-16-8-9-21-17(11-16)26-15(4)10-14(2)3;/h8-9,11,14-15H,7,10,12-13H2,1-6H3,(H2,20,22,23);1H. The van der Waals surface area contributed by atoms with Crippen molar-refractivity contribution in [1.29, 1.82) is 0 Å². The second-order valence-electron chi connectivity index (χ2n) is 6.90. The molecule has 0 bridgehead atoms. The van der Waals surface area contributed by atoms with Crippen LogP contribution in [-0.4, -0.2) is 55.0 Å². The maximum atomic E-state index is 11.7. The van der Waals surface area contributed by atoms with E-state index in [2.05, 4.69) is 41.4 Å². The number of nitrogens with zero attached hydrogens (tertiary/aromatic N) is 3. The van der Waals surface area contributed by atoms with Gasteiger partial charge in [0.2, 0.25) is 11.8 Å². The molecule has 8 heteroatoms. The monoisotopic (exact) mass is 491 g/mol. The molecule has 0 aromatic carbocycles. The van der Waals surface area contributed by atoms with Gasteiger partial charge in [-0.3, -0.25) is 4.79 Å². The summed E-state index contributed by atoms with van der Waals surface area (Å²) in [6, 6.07) is 3.83. The fraction of sp³-hybridized carbons (Fsp3) is 0.632. The number of hydrogen-bond donors (Lipinski definition) is 2. The van der Waals surface area contributed by atoms with Crippen LogP contribution in [0.25, 0.3) is 0 Å². The molecule has 0 spiro atoms. The zero-order valence-electron chi connectivity index (χ0n) is 17.3. The van der Waals surface area contributed by atoms with Crippen molar-refractivity contribution in [3.8, 4) is 5.88 Å². The Kier molecular flexibility index (Phi) is 12.8. The summed E-state index contributed by atoms with van der Waals surface area (Å²) in [4.78, 5) is 22.0. The summed E-state index contributed by atoms with van der Waals surface area (Å²) in [7, 11) is 3.46. The Balaban J connectivity index is 0.00000676. The Labute approximate surface area is 180 Å². The summed E-state index contributed by atoms with van der Waals surface area (Å²) in [5.41, 5.74) is 1.00. The Morgan fingerprint density at radius 1 is 1.30 bits per heavy atom. The molecule has 0 saturated heterocycles. The molecule has 1 amide bonds. The van der Waals surface area contributed by atoms with Gasteiger partial charge < -0.3 is 20.3 Å². The van der Waals surface area contributed by atoms with E-state index in [1.165, 1.54) is 0 Å². The summed E-state index contributed by atoms with van der Waals surface area (Å²) in [5, 5.41) is 6.18. The normalized spacial score (nSPS) is 12.2. The molecule has 1 rings (SSSR count). The molecule has 1 unspecified atom stereocenters. The average molecular weight is 491 g/mol. The Hall–Kier alpha value is -1.58. The van der Waals surface area contributed by atoms with Crippen LogP contribution in [0.4, 0.5) is 0 Å². The molecule has 0 radical (unpaired) electrons. The number of guanidine groups is 1. The van der Waals surface area contributed by atoms with Gasteiger partial charge in [-0.1, -0.05) is 13.8 Å². The number of carbonyl (C=O) groups is 1. The third kappa shape index (κ3) is 11.0. The molecule has 0 fully saturated rings. The Morgan fingerprint density at radius 3 is 2.59 bits per heavy atom. The van der Waals surface area contributed by atoms with E-state index < -0.39 is 0 Å². The molecule has 27 heavy (non-hydrogen) atoms. The first-order valence-electron chi connectivity index (χ1n) is 9.15. The third-order valence-electron chi connectivity index (χ3n) is 3.59. The summed E-state index contributed by atoms with van der Waals surface area (Å²) < 4.78 is 5.88. The number of likely N-dealkylation sites (N-methyl/N-ethyl adjacent to an activating group) is 1. The highest BCUT2D eigenvalue weighted by Gasteiger charge is 2.09. The van der Waals surface area contributed by atoms with Crippen LogP contribution in [0.2, 0.25) is 0 Å². The lowest BCUT2D eigenvalue weighted by molar-refractivity contribution is -0.127. The zero-order valence-corrected chi connectivity index (χ0v) is 19.6. The number of aliphatic imine (C=N–C) groups is 1. The molecule has 1 atom stereocenters. The summed E-state index contributed by atoms with van der Waals surface area (Å²) in [5.74, 6) is 1.80. The van der Waals surface area contributed by atoms with Gasteiger partial charge in [0, 0.05) is 32.9 Å². The molecule has 7 nitrogen and oxygen atoms in total. The van der Waals surface area contributed by atoms with E-state index in [-0.39, 0.29) is 42.5 Å². The molecule has 2 N–H and O–H groups in total. The van der Waals surface area contributed by atoms with E-state index >= 15 is 0 Å². The van der Waals surface area contributed by atoms with Gasteiger partial charge in [0.1, 0.15) is 0 Å². The number of aromatic nitrogens is 1. The molecule has 1 aromatic heterocycles. The van der Waals surface area contributed by atoms with E-state index in [4.69, 9.17) is 4.74 Å². The number of amides is 1. The topological polar surface area (TPSA) is 78.9 Å². The lowest BCUT2D eigenvalue weighted by atomic mass is 10.1. The predicted molar refractivity (Wildman–Crippen MR) is 121 cm³/mol. The number of pyridine rings is 1. The smallest absolute Gasteiger partial charge is 0.241 e. The molecule has 0 aliphatic rings. The number of halogens is 1. The Bertz CT molecular complexity index is 593. The van der Waals surface area contributed by atoms with E-state index in [1.54, 1.807) is 25.2 Å². The number of nitrogens with one attached hydrogen (secondary N) is 2. The SMILES string of the molecule is CCNC(=NCc1ccnc(OC(C)CC(C)C)c1)NCC(=O)N(C)C.I. The molecule has 0 aliphatic carbocycles. The lowest BCUT2D eigenvalue weighted by Gasteiger charge is -2.16. The second-order valence-corrected chi connectivity index (χ2v) is 6.90. The van der Waals surface area contributed by atoms with Crippen LogP contribution >= 0.6 is 24.0 Å². The molecule has 1 heterocycles. The van der Waals surface area contributed by atoms with E-state index in [0.29, 0.717) is 24.3 Å². The zero-order chi connectivity index (χ0) is 19.5. The van der Waals surface area contributed by atoms with Crippen LogP contribution < -0.4 is 15.4 Å². The van der Waals surface area contributed by atoms with Crippen LogP contribution in [0.3, 0.4) is 0 Å².